The minimum atomic E-state index is -2.59. The van der Waals surface area contributed by atoms with E-state index in [9.17, 15) is 8.78 Å². The summed E-state index contributed by atoms with van der Waals surface area (Å²) >= 11 is 0. The second-order valence-corrected chi connectivity index (χ2v) is 4.67. The average Bonchev–Trinajstić information content (AvgIpc) is 2.49. The third kappa shape index (κ3) is 2.63. The Morgan fingerprint density at radius 2 is 1.90 bits per heavy atom. The fourth-order valence-electron chi connectivity index (χ4n) is 2.25. The molecule has 0 unspecified atom stereocenters. The molecule has 0 amide bonds. The lowest BCUT2D eigenvalue weighted by atomic mass is 10.1. The highest BCUT2D eigenvalue weighted by Gasteiger charge is 2.14. The molecule has 0 bridgehead atoms. The molecular formula is C16H13F2N3. The van der Waals surface area contributed by atoms with Crippen molar-refractivity contribution in [2.75, 3.05) is 11.1 Å². The molecule has 0 atom stereocenters. The smallest absolute Gasteiger partial charge is 0.265 e. The Bertz CT molecular complexity index is 782. The molecular weight excluding hydrogens is 272 g/mol. The number of nitrogens with one attached hydrogen (secondary N) is 1. The number of alkyl halides is 2. The zero-order valence-electron chi connectivity index (χ0n) is 11.1. The van der Waals surface area contributed by atoms with Gasteiger partial charge in [0.15, 0.2) is 0 Å². The van der Waals surface area contributed by atoms with Gasteiger partial charge in [0.25, 0.3) is 6.43 Å². The maximum Gasteiger partial charge on any atom is 0.265 e. The Balaban J connectivity index is 2.07. The lowest BCUT2D eigenvalue weighted by Gasteiger charge is -2.14. The van der Waals surface area contributed by atoms with Crippen molar-refractivity contribution in [3.05, 3.63) is 60.4 Å². The summed E-state index contributed by atoms with van der Waals surface area (Å²) in [6, 6.07) is 11.9. The van der Waals surface area contributed by atoms with Crippen molar-refractivity contribution in [2.24, 2.45) is 0 Å². The molecule has 21 heavy (non-hydrogen) atoms. The Morgan fingerprint density at radius 3 is 2.71 bits per heavy atom. The largest absolute Gasteiger partial charge is 0.399 e. The highest BCUT2D eigenvalue weighted by molar-refractivity contribution is 5.95. The highest BCUT2D eigenvalue weighted by atomic mass is 19.3. The van der Waals surface area contributed by atoms with Crippen LogP contribution in [0.25, 0.3) is 10.8 Å². The van der Waals surface area contributed by atoms with E-state index < -0.39 is 6.43 Å². The van der Waals surface area contributed by atoms with Gasteiger partial charge >= 0.3 is 0 Å². The lowest BCUT2D eigenvalue weighted by Crippen LogP contribution is -1.99. The summed E-state index contributed by atoms with van der Waals surface area (Å²) in [7, 11) is 0. The monoisotopic (exact) mass is 285 g/mol. The van der Waals surface area contributed by atoms with Crippen molar-refractivity contribution in [1.82, 2.24) is 4.98 Å². The van der Waals surface area contributed by atoms with Crippen molar-refractivity contribution in [2.45, 2.75) is 6.43 Å². The number of fused-ring (bicyclic) bond motifs is 1. The van der Waals surface area contributed by atoms with Crippen LogP contribution < -0.4 is 11.1 Å². The van der Waals surface area contributed by atoms with Crippen LogP contribution in [0.15, 0.2) is 54.9 Å². The summed E-state index contributed by atoms with van der Waals surface area (Å²) in [6.07, 6.45) is 0.815. The molecule has 0 aliphatic carbocycles. The van der Waals surface area contributed by atoms with Gasteiger partial charge in [-0.15, -0.1) is 0 Å². The Labute approximate surface area is 120 Å². The van der Waals surface area contributed by atoms with Crippen LogP contribution in [0, 0.1) is 0 Å². The van der Waals surface area contributed by atoms with Crippen LogP contribution in [0.3, 0.4) is 0 Å². The van der Waals surface area contributed by atoms with Gasteiger partial charge in [0.2, 0.25) is 0 Å². The van der Waals surface area contributed by atoms with E-state index in [-0.39, 0.29) is 5.56 Å². The standard InChI is InChI=1S/C16H13F2N3/c17-16(18)13-8-11(19)4-5-15(13)21-14-3-1-2-10-9-20-7-6-12(10)14/h1-9,16,21H,19H2. The number of nitrogen functional groups attached to an aromatic ring is 1. The van der Waals surface area contributed by atoms with Gasteiger partial charge in [0.05, 0.1) is 0 Å². The van der Waals surface area contributed by atoms with E-state index in [2.05, 4.69) is 10.3 Å². The Hall–Kier alpha value is -2.69. The zero-order valence-corrected chi connectivity index (χ0v) is 11.1. The predicted molar refractivity (Wildman–Crippen MR) is 80.8 cm³/mol. The Kier molecular flexibility index (Phi) is 3.39. The molecule has 0 aliphatic rings. The first-order valence-electron chi connectivity index (χ1n) is 6.42. The molecule has 1 aromatic heterocycles. The number of nitrogens with zero attached hydrogens (tertiary/aromatic N) is 1. The first kappa shape index (κ1) is 13.3. The van der Waals surface area contributed by atoms with Gasteiger partial charge in [-0.1, -0.05) is 12.1 Å². The quantitative estimate of drug-likeness (QED) is 0.697. The second-order valence-electron chi connectivity index (χ2n) is 4.67. The normalized spacial score (nSPS) is 11.0. The van der Waals surface area contributed by atoms with Crippen molar-refractivity contribution < 1.29 is 8.78 Å². The topological polar surface area (TPSA) is 50.9 Å². The number of rotatable bonds is 3. The van der Waals surface area contributed by atoms with Crippen molar-refractivity contribution in [3.8, 4) is 0 Å². The molecule has 5 heteroatoms. The van der Waals surface area contributed by atoms with Crippen LogP contribution in [-0.4, -0.2) is 4.98 Å². The molecule has 106 valence electrons. The fraction of sp³-hybridized carbons (Fsp3) is 0.0625. The van der Waals surface area contributed by atoms with E-state index in [0.717, 1.165) is 16.5 Å². The summed E-state index contributed by atoms with van der Waals surface area (Å²) in [4.78, 5) is 4.05. The number of hydrogen-bond donors (Lipinski definition) is 2. The van der Waals surface area contributed by atoms with Crippen LogP contribution in [-0.2, 0) is 0 Å². The molecule has 1 heterocycles. The molecule has 0 saturated carbocycles. The summed E-state index contributed by atoms with van der Waals surface area (Å²) in [5.41, 5.74) is 6.89. The second kappa shape index (κ2) is 5.36. The van der Waals surface area contributed by atoms with Gasteiger partial charge in [-0.05, 0) is 30.3 Å². The van der Waals surface area contributed by atoms with Crippen molar-refractivity contribution >= 4 is 27.8 Å². The number of halogens is 2. The van der Waals surface area contributed by atoms with Crippen LogP contribution in [0.2, 0.25) is 0 Å². The number of nitrogens with two attached hydrogens (primary N) is 1. The molecule has 3 rings (SSSR count). The lowest BCUT2D eigenvalue weighted by molar-refractivity contribution is 0.152. The SMILES string of the molecule is Nc1ccc(Nc2cccc3cnccc23)c(C(F)F)c1. The van der Waals surface area contributed by atoms with Gasteiger partial charge in [0, 0.05) is 45.8 Å². The van der Waals surface area contributed by atoms with Crippen molar-refractivity contribution in [1.29, 1.82) is 0 Å². The van der Waals surface area contributed by atoms with Crippen LogP contribution in [0.4, 0.5) is 25.8 Å². The summed E-state index contributed by atoms with van der Waals surface area (Å²) in [5.74, 6) is 0. The number of anilines is 3. The van der Waals surface area contributed by atoms with E-state index in [4.69, 9.17) is 5.73 Å². The van der Waals surface area contributed by atoms with E-state index in [1.807, 2.05) is 24.3 Å². The molecule has 0 saturated heterocycles. The number of pyridine rings is 1. The molecule has 3 aromatic rings. The maximum atomic E-state index is 13.1. The molecule has 0 spiro atoms. The van der Waals surface area contributed by atoms with Crippen LogP contribution in [0.1, 0.15) is 12.0 Å². The van der Waals surface area contributed by atoms with E-state index in [1.54, 1.807) is 24.5 Å². The average molecular weight is 285 g/mol. The van der Waals surface area contributed by atoms with Gasteiger partial charge in [-0.2, -0.15) is 0 Å². The van der Waals surface area contributed by atoms with Crippen LogP contribution >= 0.6 is 0 Å². The van der Waals surface area contributed by atoms with Gasteiger partial charge in [0.1, 0.15) is 0 Å². The minimum absolute atomic E-state index is 0.110. The van der Waals surface area contributed by atoms with Crippen molar-refractivity contribution in [3.63, 3.8) is 0 Å². The number of hydrogen-bond acceptors (Lipinski definition) is 3. The van der Waals surface area contributed by atoms with E-state index >= 15 is 0 Å². The van der Waals surface area contributed by atoms with Gasteiger partial charge < -0.3 is 11.1 Å². The molecule has 3 nitrogen and oxygen atoms in total. The fourth-order valence-corrected chi connectivity index (χ4v) is 2.25. The predicted octanol–water partition coefficient (Wildman–Crippen LogP) is 4.50. The summed E-state index contributed by atoms with van der Waals surface area (Å²) in [6.45, 7) is 0. The van der Waals surface area contributed by atoms with E-state index in [0.29, 0.717) is 11.4 Å². The zero-order chi connectivity index (χ0) is 14.8. The first-order valence-corrected chi connectivity index (χ1v) is 6.42. The van der Waals surface area contributed by atoms with Gasteiger partial charge in [-0.3, -0.25) is 4.98 Å². The highest BCUT2D eigenvalue weighted by Crippen LogP contribution is 2.33. The summed E-state index contributed by atoms with van der Waals surface area (Å²) in [5, 5.41) is 4.92. The van der Waals surface area contributed by atoms with Crippen LogP contribution in [0.5, 0.6) is 0 Å². The molecule has 0 aliphatic heterocycles. The summed E-state index contributed by atoms with van der Waals surface area (Å²) < 4.78 is 26.2. The third-order valence-electron chi connectivity index (χ3n) is 3.26. The third-order valence-corrected chi connectivity index (χ3v) is 3.26. The van der Waals surface area contributed by atoms with Gasteiger partial charge in [-0.25, -0.2) is 8.78 Å². The Morgan fingerprint density at radius 1 is 1.05 bits per heavy atom. The maximum absolute atomic E-state index is 13.1. The molecule has 3 N–H and O–H groups in total. The number of benzene rings is 2. The number of aromatic nitrogens is 1. The minimum Gasteiger partial charge on any atom is -0.399 e. The van der Waals surface area contributed by atoms with E-state index in [1.165, 1.54) is 6.07 Å². The first-order chi connectivity index (χ1) is 10.1. The molecule has 2 aromatic carbocycles. The molecule has 0 fully saturated rings. The molecule has 0 radical (unpaired) electrons.